The molecule has 0 aliphatic heterocycles. The summed E-state index contributed by atoms with van der Waals surface area (Å²) in [5.41, 5.74) is 2.81. The third kappa shape index (κ3) is 3.71. The van der Waals surface area contributed by atoms with E-state index in [4.69, 9.17) is 5.26 Å². The average molecular weight is 389 g/mol. The van der Waals surface area contributed by atoms with Crippen molar-refractivity contribution in [1.82, 2.24) is 15.3 Å². The lowest BCUT2D eigenvalue weighted by Crippen LogP contribution is -2.34. The number of hydrogen-bond acceptors (Lipinski definition) is 4. The SMILES string of the molecule is CC(C)Nc1c(C(=O)NCC(F)C(F)F)cnc2c1[nH]c1cc(C#N)ccc12. The second-order valence-corrected chi connectivity index (χ2v) is 6.63. The molecule has 3 N–H and O–H groups in total. The molecular weight excluding hydrogens is 371 g/mol. The summed E-state index contributed by atoms with van der Waals surface area (Å²) in [7, 11) is 0. The van der Waals surface area contributed by atoms with Gasteiger partial charge in [-0.25, -0.2) is 13.2 Å². The van der Waals surface area contributed by atoms with Gasteiger partial charge in [0.2, 0.25) is 0 Å². The predicted octanol–water partition coefficient (Wildman–Crippen LogP) is 3.74. The van der Waals surface area contributed by atoms with Gasteiger partial charge in [-0.3, -0.25) is 9.78 Å². The standard InChI is InChI=1S/C19H18F3N5O/c1-9(2)26-16-12(19(28)25-8-13(20)18(21)22)7-24-15-11-4-3-10(6-23)5-14(11)27-17(15)16/h3-5,7,9,13,18,27H,8H2,1-2H3,(H,24,26)(H,25,28). The van der Waals surface area contributed by atoms with Crippen molar-refractivity contribution in [2.24, 2.45) is 0 Å². The summed E-state index contributed by atoms with van der Waals surface area (Å²) in [5, 5.41) is 15.2. The summed E-state index contributed by atoms with van der Waals surface area (Å²) in [6.45, 7) is 2.95. The van der Waals surface area contributed by atoms with Crippen LogP contribution in [0.2, 0.25) is 0 Å². The van der Waals surface area contributed by atoms with Crippen LogP contribution < -0.4 is 10.6 Å². The quantitative estimate of drug-likeness (QED) is 0.599. The Morgan fingerprint density at radius 2 is 2.07 bits per heavy atom. The maximum absolute atomic E-state index is 13.1. The van der Waals surface area contributed by atoms with Crippen molar-refractivity contribution in [2.75, 3.05) is 11.9 Å². The van der Waals surface area contributed by atoms with Crippen molar-refractivity contribution < 1.29 is 18.0 Å². The van der Waals surface area contributed by atoms with E-state index in [1.54, 1.807) is 18.2 Å². The molecule has 9 heteroatoms. The maximum atomic E-state index is 13.1. The molecule has 28 heavy (non-hydrogen) atoms. The third-order valence-corrected chi connectivity index (χ3v) is 4.15. The fourth-order valence-corrected chi connectivity index (χ4v) is 2.88. The number of aromatic nitrogens is 2. The Labute approximate surface area is 158 Å². The zero-order valence-corrected chi connectivity index (χ0v) is 15.2. The molecule has 6 nitrogen and oxygen atoms in total. The number of amides is 1. The van der Waals surface area contributed by atoms with Crippen LogP contribution in [0.3, 0.4) is 0 Å². The molecule has 0 fully saturated rings. The first kappa shape index (κ1) is 19.5. The number of carbonyl (C=O) groups excluding carboxylic acids is 1. The van der Waals surface area contributed by atoms with Gasteiger partial charge in [-0.2, -0.15) is 5.26 Å². The number of anilines is 1. The molecule has 0 spiro atoms. The van der Waals surface area contributed by atoms with Gasteiger partial charge < -0.3 is 15.6 Å². The number of pyridine rings is 1. The zero-order valence-electron chi connectivity index (χ0n) is 15.2. The highest BCUT2D eigenvalue weighted by atomic mass is 19.3. The summed E-state index contributed by atoms with van der Waals surface area (Å²) in [4.78, 5) is 19.9. The topological polar surface area (TPSA) is 93.6 Å². The van der Waals surface area contributed by atoms with Gasteiger partial charge in [0.25, 0.3) is 12.3 Å². The molecule has 0 aliphatic carbocycles. The fourth-order valence-electron chi connectivity index (χ4n) is 2.88. The van der Waals surface area contributed by atoms with Gasteiger partial charge in [-0.05, 0) is 32.0 Å². The summed E-state index contributed by atoms with van der Waals surface area (Å²) in [6, 6.07) is 7.11. The molecule has 1 amide bonds. The first-order valence-electron chi connectivity index (χ1n) is 8.63. The van der Waals surface area contributed by atoms with Crippen molar-refractivity contribution in [2.45, 2.75) is 32.5 Å². The summed E-state index contributed by atoms with van der Waals surface area (Å²) in [5.74, 6) is -0.711. The highest BCUT2D eigenvalue weighted by Crippen LogP contribution is 2.32. The van der Waals surface area contributed by atoms with Gasteiger partial charge in [0, 0.05) is 23.1 Å². The Kier molecular flexibility index (Phi) is 5.40. The Morgan fingerprint density at radius 3 is 2.71 bits per heavy atom. The number of nitriles is 1. The van der Waals surface area contributed by atoms with E-state index in [-0.39, 0.29) is 11.6 Å². The lowest BCUT2D eigenvalue weighted by atomic mass is 10.1. The summed E-state index contributed by atoms with van der Waals surface area (Å²) in [6.07, 6.45) is -4.29. The molecule has 1 unspecified atom stereocenters. The molecular formula is C19H18F3N5O. The van der Waals surface area contributed by atoms with E-state index in [0.717, 1.165) is 5.39 Å². The van der Waals surface area contributed by atoms with Gasteiger partial charge >= 0.3 is 0 Å². The number of H-pyrrole nitrogens is 1. The van der Waals surface area contributed by atoms with Crippen LogP contribution in [0, 0.1) is 11.3 Å². The number of halogens is 3. The largest absolute Gasteiger partial charge is 0.380 e. The monoisotopic (exact) mass is 389 g/mol. The minimum Gasteiger partial charge on any atom is -0.380 e. The van der Waals surface area contributed by atoms with Crippen molar-refractivity contribution >= 4 is 33.5 Å². The third-order valence-electron chi connectivity index (χ3n) is 4.15. The van der Waals surface area contributed by atoms with E-state index in [1.807, 2.05) is 13.8 Å². The second kappa shape index (κ2) is 7.76. The molecule has 2 heterocycles. The highest BCUT2D eigenvalue weighted by molar-refractivity contribution is 6.13. The number of hydrogen-bond donors (Lipinski definition) is 3. The first-order valence-corrected chi connectivity index (χ1v) is 8.63. The maximum Gasteiger partial charge on any atom is 0.271 e. The van der Waals surface area contributed by atoms with Crippen LogP contribution in [-0.4, -0.2) is 41.1 Å². The number of nitrogens with one attached hydrogen (secondary N) is 3. The zero-order chi connectivity index (χ0) is 20.4. The fraction of sp³-hybridized carbons (Fsp3) is 0.316. The van der Waals surface area contributed by atoms with Crippen LogP contribution in [0.1, 0.15) is 29.8 Å². The smallest absolute Gasteiger partial charge is 0.271 e. The van der Waals surface area contributed by atoms with E-state index in [2.05, 4.69) is 26.7 Å². The highest BCUT2D eigenvalue weighted by Gasteiger charge is 2.23. The van der Waals surface area contributed by atoms with Crippen molar-refractivity contribution in [3.63, 3.8) is 0 Å². The molecule has 1 atom stereocenters. The van der Waals surface area contributed by atoms with E-state index in [0.29, 0.717) is 27.8 Å². The molecule has 2 aromatic heterocycles. The molecule has 0 bridgehead atoms. The van der Waals surface area contributed by atoms with Gasteiger partial charge in [-0.15, -0.1) is 0 Å². The summed E-state index contributed by atoms with van der Waals surface area (Å²) < 4.78 is 37.8. The number of benzene rings is 1. The number of aromatic amines is 1. The van der Waals surface area contributed by atoms with Crippen LogP contribution in [0.25, 0.3) is 21.9 Å². The molecule has 0 saturated heterocycles. The van der Waals surface area contributed by atoms with Crippen LogP contribution in [0.4, 0.5) is 18.9 Å². The molecule has 0 saturated carbocycles. The predicted molar refractivity (Wildman–Crippen MR) is 100 cm³/mol. The van der Waals surface area contributed by atoms with Crippen LogP contribution >= 0.6 is 0 Å². The molecule has 0 aliphatic rings. The van der Waals surface area contributed by atoms with Gasteiger partial charge in [-0.1, -0.05) is 0 Å². The first-order chi connectivity index (χ1) is 13.3. The second-order valence-electron chi connectivity index (χ2n) is 6.63. The molecule has 0 radical (unpaired) electrons. The Morgan fingerprint density at radius 1 is 1.32 bits per heavy atom. The summed E-state index contributed by atoms with van der Waals surface area (Å²) >= 11 is 0. The number of alkyl halides is 3. The van der Waals surface area contributed by atoms with Crippen molar-refractivity contribution in [1.29, 1.82) is 5.26 Å². The molecule has 3 aromatic rings. The van der Waals surface area contributed by atoms with Gasteiger partial charge in [0.15, 0.2) is 6.17 Å². The van der Waals surface area contributed by atoms with Crippen LogP contribution in [-0.2, 0) is 0 Å². The van der Waals surface area contributed by atoms with E-state index in [1.165, 1.54) is 6.20 Å². The van der Waals surface area contributed by atoms with Crippen LogP contribution in [0.15, 0.2) is 24.4 Å². The Hall–Kier alpha value is -3.28. The molecule has 146 valence electrons. The van der Waals surface area contributed by atoms with Crippen LogP contribution in [0.5, 0.6) is 0 Å². The lowest BCUT2D eigenvalue weighted by Gasteiger charge is -2.16. The molecule has 1 aromatic carbocycles. The number of fused-ring (bicyclic) bond motifs is 3. The van der Waals surface area contributed by atoms with Gasteiger partial charge in [0.05, 0.1) is 40.5 Å². The van der Waals surface area contributed by atoms with E-state index >= 15 is 0 Å². The molecule has 3 rings (SSSR count). The average Bonchev–Trinajstić information content (AvgIpc) is 3.03. The van der Waals surface area contributed by atoms with Crippen molar-refractivity contribution in [3.05, 3.63) is 35.5 Å². The number of carbonyl (C=O) groups is 1. The minimum atomic E-state index is -3.17. The number of nitrogens with zero attached hydrogens (tertiary/aromatic N) is 2. The van der Waals surface area contributed by atoms with E-state index < -0.39 is 25.0 Å². The number of rotatable bonds is 6. The van der Waals surface area contributed by atoms with E-state index in [9.17, 15) is 18.0 Å². The Balaban J connectivity index is 2.08. The van der Waals surface area contributed by atoms with Gasteiger partial charge in [0.1, 0.15) is 0 Å². The Bertz CT molecular complexity index is 1070. The lowest BCUT2D eigenvalue weighted by molar-refractivity contribution is 0.0488. The minimum absolute atomic E-state index is 0.0479. The normalized spacial score (nSPS) is 12.5. The van der Waals surface area contributed by atoms with Crippen molar-refractivity contribution in [3.8, 4) is 6.07 Å².